The molecule has 0 atom stereocenters. The first-order valence-corrected chi connectivity index (χ1v) is 9.14. The quantitative estimate of drug-likeness (QED) is 0.812. The number of halogens is 2. The van der Waals surface area contributed by atoms with Gasteiger partial charge in [-0.15, -0.1) is 10.2 Å². The summed E-state index contributed by atoms with van der Waals surface area (Å²) in [6, 6.07) is 8.10. The van der Waals surface area contributed by atoms with E-state index in [9.17, 15) is 9.90 Å². The van der Waals surface area contributed by atoms with E-state index in [0.717, 1.165) is 0 Å². The Morgan fingerprint density at radius 1 is 1.22 bits per heavy atom. The van der Waals surface area contributed by atoms with Crippen molar-refractivity contribution in [1.29, 1.82) is 0 Å². The highest BCUT2D eigenvalue weighted by Gasteiger charge is 2.34. The summed E-state index contributed by atoms with van der Waals surface area (Å²) in [6.45, 7) is 1.11. The molecule has 1 saturated heterocycles. The number of carbonyl (C=O) groups excluding carboxylic acids is 1. The van der Waals surface area contributed by atoms with Crippen molar-refractivity contribution in [3.8, 4) is 11.6 Å². The Hall–Kier alpha value is -1.93. The Morgan fingerprint density at radius 3 is 2.59 bits per heavy atom. The lowest BCUT2D eigenvalue weighted by molar-refractivity contribution is -0.0663. The van der Waals surface area contributed by atoms with Crippen molar-refractivity contribution in [2.75, 3.05) is 26.8 Å². The molecule has 1 aromatic carbocycles. The van der Waals surface area contributed by atoms with E-state index >= 15 is 0 Å². The van der Waals surface area contributed by atoms with Crippen LogP contribution in [0.15, 0.2) is 30.3 Å². The Morgan fingerprint density at radius 2 is 1.96 bits per heavy atom. The summed E-state index contributed by atoms with van der Waals surface area (Å²) in [4.78, 5) is 14.2. The number of piperidine rings is 1. The summed E-state index contributed by atoms with van der Waals surface area (Å²) in [6.07, 6.45) is 0.906. The first kappa shape index (κ1) is 19.8. The molecule has 144 valence electrons. The molecule has 0 spiro atoms. The molecule has 27 heavy (non-hydrogen) atoms. The van der Waals surface area contributed by atoms with Crippen LogP contribution in [-0.4, -0.2) is 58.5 Å². The third-order valence-electron chi connectivity index (χ3n) is 4.38. The van der Waals surface area contributed by atoms with Crippen LogP contribution in [0.4, 0.5) is 0 Å². The SMILES string of the molecule is COCC1(O)CCN(C(=O)c2ccc(Oc3cccc(Cl)c3Cl)nn2)CC1. The van der Waals surface area contributed by atoms with Crippen molar-refractivity contribution in [3.05, 3.63) is 46.1 Å². The predicted octanol–water partition coefficient (Wildman–Crippen LogP) is 3.19. The van der Waals surface area contributed by atoms with Crippen LogP contribution in [0.2, 0.25) is 10.0 Å². The van der Waals surface area contributed by atoms with Crippen LogP contribution >= 0.6 is 23.2 Å². The molecule has 0 saturated carbocycles. The van der Waals surface area contributed by atoms with Gasteiger partial charge in [0.2, 0.25) is 5.88 Å². The number of hydrogen-bond acceptors (Lipinski definition) is 6. The number of ether oxygens (including phenoxy) is 2. The van der Waals surface area contributed by atoms with E-state index in [1.165, 1.54) is 0 Å². The zero-order valence-electron chi connectivity index (χ0n) is 14.7. The molecule has 0 aliphatic carbocycles. The van der Waals surface area contributed by atoms with Gasteiger partial charge in [-0.1, -0.05) is 29.3 Å². The van der Waals surface area contributed by atoms with Gasteiger partial charge in [-0.05, 0) is 31.0 Å². The highest BCUT2D eigenvalue weighted by molar-refractivity contribution is 6.42. The number of benzene rings is 1. The molecule has 1 N–H and O–H groups in total. The first-order valence-electron chi connectivity index (χ1n) is 8.38. The molecule has 3 rings (SSSR count). The van der Waals surface area contributed by atoms with Gasteiger partial charge in [0, 0.05) is 26.3 Å². The fourth-order valence-electron chi connectivity index (χ4n) is 2.87. The van der Waals surface area contributed by atoms with E-state index in [1.54, 1.807) is 42.3 Å². The van der Waals surface area contributed by atoms with Crippen LogP contribution in [0.1, 0.15) is 23.3 Å². The minimum Gasteiger partial charge on any atom is -0.436 e. The maximum absolute atomic E-state index is 12.6. The average Bonchev–Trinajstić information content (AvgIpc) is 2.66. The monoisotopic (exact) mass is 411 g/mol. The lowest BCUT2D eigenvalue weighted by Crippen LogP contribution is -2.49. The van der Waals surface area contributed by atoms with E-state index in [0.29, 0.717) is 36.7 Å². The molecule has 7 nitrogen and oxygen atoms in total. The third-order valence-corrected chi connectivity index (χ3v) is 5.19. The number of methoxy groups -OCH3 is 1. The van der Waals surface area contributed by atoms with Crippen LogP contribution < -0.4 is 4.74 Å². The summed E-state index contributed by atoms with van der Waals surface area (Å²) in [5.41, 5.74) is -0.678. The fraction of sp³-hybridized carbons (Fsp3) is 0.389. The Balaban J connectivity index is 1.63. The van der Waals surface area contributed by atoms with E-state index in [1.807, 2.05) is 0 Å². The third kappa shape index (κ3) is 4.68. The van der Waals surface area contributed by atoms with E-state index in [4.69, 9.17) is 32.7 Å². The van der Waals surface area contributed by atoms with Crippen molar-refractivity contribution in [3.63, 3.8) is 0 Å². The highest BCUT2D eigenvalue weighted by Crippen LogP contribution is 2.33. The smallest absolute Gasteiger partial charge is 0.274 e. The van der Waals surface area contributed by atoms with Crippen molar-refractivity contribution in [2.24, 2.45) is 0 Å². The van der Waals surface area contributed by atoms with E-state index in [2.05, 4.69) is 10.2 Å². The van der Waals surface area contributed by atoms with Crippen LogP contribution in [0.3, 0.4) is 0 Å². The second-order valence-electron chi connectivity index (χ2n) is 6.36. The Labute approximate surface area is 166 Å². The van der Waals surface area contributed by atoms with E-state index in [-0.39, 0.29) is 29.1 Å². The molecule has 1 aliphatic heterocycles. The number of amides is 1. The zero-order valence-corrected chi connectivity index (χ0v) is 16.2. The summed E-state index contributed by atoms with van der Waals surface area (Å²) in [5, 5.41) is 18.8. The van der Waals surface area contributed by atoms with Crippen molar-refractivity contribution >= 4 is 29.1 Å². The van der Waals surface area contributed by atoms with Gasteiger partial charge in [0.25, 0.3) is 5.91 Å². The summed E-state index contributed by atoms with van der Waals surface area (Å²) >= 11 is 12.0. The molecular weight excluding hydrogens is 393 g/mol. The van der Waals surface area contributed by atoms with Crippen LogP contribution in [-0.2, 0) is 4.74 Å². The number of rotatable bonds is 5. The average molecular weight is 412 g/mol. The standard InChI is InChI=1S/C18H19Cl2N3O4/c1-26-11-18(25)7-9-23(10-8-18)17(24)13-5-6-15(22-21-13)27-14-4-2-3-12(19)16(14)20/h2-6,25H,7-11H2,1H3. The summed E-state index contributed by atoms with van der Waals surface area (Å²) < 4.78 is 10.6. The van der Waals surface area contributed by atoms with Gasteiger partial charge >= 0.3 is 0 Å². The Kier molecular flexibility index (Phi) is 6.16. The number of likely N-dealkylation sites (tertiary alicyclic amines) is 1. The fourth-order valence-corrected chi connectivity index (χ4v) is 3.20. The zero-order chi connectivity index (χ0) is 19.4. The molecule has 1 aromatic heterocycles. The molecule has 0 bridgehead atoms. The van der Waals surface area contributed by atoms with Crippen molar-refractivity contribution in [1.82, 2.24) is 15.1 Å². The lowest BCUT2D eigenvalue weighted by Gasteiger charge is -2.37. The van der Waals surface area contributed by atoms with E-state index < -0.39 is 5.60 Å². The maximum atomic E-state index is 12.6. The number of nitrogens with zero attached hydrogens (tertiary/aromatic N) is 3. The number of carbonyl (C=O) groups is 1. The van der Waals surface area contributed by atoms with Gasteiger partial charge in [0.15, 0.2) is 5.69 Å². The lowest BCUT2D eigenvalue weighted by atomic mass is 9.92. The largest absolute Gasteiger partial charge is 0.436 e. The predicted molar refractivity (Wildman–Crippen MR) is 101 cm³/mol. The highest BCUT2D eigenvalue weighted by atomic mass is 35.5. The van der Waals surface area contributed by atoms with Gasteiger partial charge in [0.05, 0.1) is 17.2 Å². The molecular formula is C18H19Cl2N3O4. The molecule has 9 heteroatoms. The normalized spacial score (nSPS) is 16.2. The van der Waals surface area contributed by atoms with Crippen molar-refractivity contribution in [2.45, 2.75) is 18.4 Å². The second-order valence-corrected chi connectivity index (χ2v) is 7.15. The van der Waals surface area contributed by atoms with Crippen molar-refractivity contribution < 1.29 is 19.4 Å². The van der Waals surface area contributed by atoms with Crippen LogP contribution in [0.5, 0.6) is 11.6 Å². The number of hydrogen-bond donors (Lipinski definition) is 1. The molecule has 0 radical (unpaired) electrons. The minimum absolute atomic E-state index is 0.198. The molecule has 1 amide bonds. The second kappa shape index (κ2) is 8.39. The van der Waals surface area contributed by atoms with Crippen LogP contribution in [0, 0.1) is 0 Å². The maximum Gasteiger partial charge on any atom is 0.274 e. The molecule has 2 heterocycles. The summed E-state index contributed by atoms with van der Waals surface area (Å²) in [5.74, 6) is 0.309. The minimum atomic E-state index is -0.884. The Bertz CT molecular complexity index is 809. The van der Waals surface area contributed by atoms with Gasteiger partial charge < -0.3 is 19.5 Å². The van der Waals surface area contributed by atoms with Gasteiger partial charge in [-0.2, -0.15) is 0 Å². The van der Waals surface area contributed by atoms with Gasteiger partial charge in [-0.25, -0.2) is 0 Å². The summed E-state index contributed by atoms with van der Waals surface area (Å²) in [7, 11) is 1.55. The number of aromatic nitrogens is 2. The molecule has 0 unspecified atom stereocenters. The topological polar surface area (TPSA) is 84.8 Å². The first-order chi connectivity index (χ1) is 12.9. The number of aliphatic hydroxyl groups is 1. The molecule has 2 aromatic rings. The van der Waals surface area contributed by atoms with Gasteiger partial charge in [-0.3, -0.25) is 4.79 Å². The van der Waals surface area contributed by atoms with Crippen LogP contribution in [0.25, 0.3) is 0 Å². The molecule has 1 aliphatic rings. The molecule has 1 fully saturated rings. The van der Waals surface area contributed by atoms with Gasteiger partial charge in [0.1, 0.15) is 10.8 Å².